The van der Waals surface area contributed by atoms with Crippen molar-refractivity contribution in [3.05, 3.63) is 52.0 Å². The van der Waals surface area contributed by atoms with Gasteiger partial charge < -0.3 is 4.74 Å². The van der Waals surface area contributed by atoms with Crippen molar-refractivity contribution >= 4 is 11.5 Å². The highest BCUT2D eigenvalue weighted by atomic mass is 19.4. The first-order chi connectivity index (χ1) is 11.8. The first-order valence-corrected chi connectivity index (χ1v) is 7.02. The maximum atomic E-state index is 13.0. The number of aromatic nitrogens is 4. The molecule has 0 fully saturated rings. The van der Waals surface area contributed by atoms with E-state index in [9.17, 15) is 23.3 Å². The summed E-state index contributed by atoms with van der Waals surface area (Å²) in [5.74, 6) is -0.932. The van der Waals surface area contributed by atoms with Crippen LogP contribution in [0.3, 0.4) is 0 Å². The molecule has 1 aromatic carbocycles. The molecule has 2 aromatic heterocycles. The van der Waals surface area contributed by atoms with Gasteiger partial charge in [-0.2, -0.15) is 27.8 Å². The van der Waals surface area contributed by atoms with Gasteiger partial charge in [-0.3, -0.25) is 10.1 Å². The molecule has 130 valence electrons. The number of halogens is 3. The van der Waals surface area contributed by atoms with E-state index in [-0.39, 0.29) is 23.1 Å². The number of aryl methyl sites for hydroxylation is 1. The molecule has 0 bridgehead atoms. The highest BCUT2D eigenvalue weighted by Crippen LogP contribution is 2.35. The van der Waals surface area contributed by atoms with Crippen LogP contribution in [0.25, 0.3) is 5.78 Å². The van der Waals surface area contributed by atoms with E-state index >= 15 is 0 Å². The number of rotatable bonds is 4. The molecule has 0 amide bonds. The van der Waals surface area contributed by atoms with Crippen molar-refractivity contribution in [2.24, 2.45) is 0 Å². The van der Waals surface area contributed by atoms with Gasteiger partial charge in [0.1, 0.15) is 6.33 Å². The first-order valence-electron chi connectivity index (χ1n) is 7.02. The topological polar surface area (TPSA) is 95.5 Å². The summed E-state index contributed by atoms with van der Waals surface area (Å²) >= 11 is 0. The van der Waals surface area contributed by atoms with E-state index in [1.807, 2.05) is 6.92 Å². The molecule has 0 aliphatic heterocycles. The van der Waals surface area contributed by atoms with E-state index in [0.29, 0.717) is 18.1 Å². The number of nitrogens with zero attached hydrogens (tertiary/aromatic N) is 5. The normalized spacial score (nSPS) is 11.7. The average molecular weight is 353 g/mol. The Morgan fingerprint density at radius 1 is 1.32 bits per heavy atom. The Hall–Kier alpha value is -3.24. The molecule has 11 heteroatoms. The third kappa shape index (κ3) is 3.20. The number of hydrogen-bond acceptors (Lipinski definition) is 6. The number of ether oxygens (including phenoxy) is 1. The van der Waals surface area contributed by atoms with Crippen molar-refractivity contribution in [2.75, 3.05) is 0 Å². The summed E-state index contributed by atoms with van der Waals surface area (Å²) < 4.78 is 45.2. The maximum absolute atomic E-state index is 13.0. The van der Waals surface area contributed by atoms with Crippen LogP contribution in [0.4, 0.5) is 18.9 Å². The highest BCUT2D eigenvalue weighted by Gasteiger charge is 2.34. The second-order valence-corrected chi connectivity index (χ2v) is 4.96. The standard InChI is InChI=1S/C14H10F3N5O3/c1-2-8-3-4-10(9(5-8)22(23)24)25-12-6-11(14(15,16)17)20-13-18-7-19-21(12)13/h3-7H,2H2,1H3. The SMILES string of the molecule is CCc1ccc(Oc2cc(C(F)(F)F)nc3ncnn23)c([N+](=O)[O-])c1. The predicted octanol–water partition coefficient (Wildman–Crippen LogP) is 3.41. The molecule has 0 saturated carbocycles. The number of fused-ring (bicyclic) bond motifs is 1. The van der Waals surface area contributed by atoms with Gasteiger partial charge in [-0.05, 0) is 18.1 Å². The zero-order chi connectivity index (χ0) is 18.2. The molecule has 8 nitrogen and oxygen atoms in total. The Morgan fingerprint density at radius 2 is 2.08 bits per heavy atom. The zero-order valence-corrected chi connectivity index (χ0v) is 12.7. The van der Waals surface area contributed by atoms with Crippen molar-refractivity contribution in [1.82, 2.24) is 19.6 Å². The largest absolute Gasteiger partial charge is 0.433 e. The summed E-state index contributed by atoms with van der Waals surface area (Å²) in [5.41, 5.74) is -0.913. The molecule has 0 aliphatic rings. The monoisotopic (exact) mass is 353 g/mol. The number of nitro benzene ring substituents is 1. The molecule has 0 unspecified atom stereocenters. The Kier molecular flexibility index (Phi) is 3.99. The molecule has 3 rings (SSSR count). The predicted molar refractivity (Wildman–Crippen MR) is 78.3 cm³/mol. The van der Waals surface area contributed by atoms with Gasteiger partial charge in [-0.1, -0.05) is 13.0 Å². The fourth-order valence-corrected chi connectivity index (χ4v) is 2.13. The van der Waals surface area contributed by atoms with Crippen molar-refractivity contribution in [2.45, 2.75) is 19.5 Å². The summed E-state index contributed by atoms with van der Waals surface area (Å²) in [4.78, 5) is 17.5. The van der Waals surface area contributed by atoms with Gasteiger partial charge in [0.15, 0.2) is 5.69 Å². The number of hydrogen-bond donors (Lipinski definition) is 0. The quantitative estimate of drug-likeness (QED) is 0.527. The van der Waals surface area contributed by atoms with Crippen LogP contribution in [0.5, 0.6) is 11.6 Å². The Bertz CT molecular complexity index is 955. The van der Waals surface area contributed by atoms with Gasteiger partial charge in [-0.15, -0.1) is 0 Å². The van der Waals surface area contributed by atoms with E-state index in [4.69, 9.17) is 4.74 Å². The summed E-state index contributed by atoms with van der Waals surface area (Å²) in [6, 6.07) is 4.83. The van der Waals surface area contributed by atoms with E-state index in [0.717, 1.165) is 10.8 Å². The minimum absolute atomic E-state index is 0.210. The molecule has 0 spiro atoms. The number of nitro groups is 1. The van der Waals surface area contributed by atoms with Crippen LogP contribution < -0.4 is 4.74 Å². The van der Waals surface area contributed by atoms with Crippen molar-refractivity contribution in [1.29, 1.82) is 0 Å². The zero-order valence-electron chi connectivity index (χ0n) is 12.7. The molecule has 2 heterocycles. The fourth-order valence-electron chi connectivity index (χ4n) is 2.13. The van der Waals surface area contributed by atoms with E-state index in [1.54, 1.807) is 6.07 Å². The lowest BCUT2D eigenvalue weighted by Gasteiger charge is -2.11. The lowest BCUT2D eigenvalue weighted by molar-refractivity contribution is -0.385. The van der Waals surface area contributed by atoms with Gasteiger partial charge in [0.05, 0.1) is 4.92 Å². The number of benzene rings is 1. The molecular formula is C14H10F3N5O3. The minimum Gasteiger partial charge on any atom is -0.432 e. The van der Waals surface area contributed by atoms with Gasteiger partial charge in [0, 0.05) is 12.1 Å². The van der Waals surface area contributed by atoms with Crippen LogP contribution in [-0.2, 0) is 12.6 Å². The van der Waals surface area contributed by atoms with Crippen LogP contribution in [0.2, 0.25) is 0 Å². The summed E-state index contributed by atoms with van der Waals surface area (Å²) in [6.07, 6.45) is -3.17. The van der Waals surface area contributed by atoms with Gasteiger partial charge in [0.25, 0.3) is 5.78 Å². The molecule has 0 saturated heterocycles. The minimum atomic E-state index is -4.73. The maximum Gasteiger partial charge on any atom is 0.433 e. The third-order valence-corrected chi connectivity index (χ3v) is 3.35. The lowest BCUT2D eigenvalue weighted by atomic mass is 10.1. The van der Waals surface area contributed by atoms with Crippen molar-refractivity contribution in [3.8, 4) is 11.6 Å². The van der Waals surface area contributed by atoms with Gasteiger partial charge >= 0.3 is 11.9 Å². The Morgan fingerprint density at radius 3 is 2.72 bits per heavy atom. The molecule has 3 aromatic rings. The van der Waals surface area contributed by atoms with Crippen LogP contribution in [0, 0.1) is 10.1 Å². The fraction of sp³-hybridized carbons (Fsp3) is 0.214. The number of alkyl halides is 3. The van der Waals surface area contributed by atoms with Crippen LogP contribution in [0.15, 0.2) is 30.6 Å². The molecule has 0 atom stereocenters. The molecule has 25 heavy (non-hydrogen) atoms. The van der Waals surface area contributed by atoms with Crippen molar-refractivity contribution < 1.29 is 22.8 Å². The van der Waals surface area contributed by atoms with Crippen LogP contribution >= 0.6 is 0 Å². The van der Waals surface area contributed by atoms with Gasteiger partial charge in [0.2, 0.25) is 11.6 Å². The first kappa shape index (κ1) is 16.6. The van der Waals surface area contributed by atoms with E-state index < -0.39 is 16.8 Å². The average Bonchev–Trinajstić information content (AvgIpc) is 3.03. The molecular weight excluding hydrogens is 343 g/mol. The van der Waals surface area contributed by atoms with E-state index in [2.05, 4.69) is 15.1 Å². The summed E-state index contributed by atoms with van der Waals surface area (Å²) in [7, 11) is 0. The Labute approximate surface area is 138 Å². The second kappa shape index (κ2) is 6.00. The second-order valence-electron chi connectivity index (χ2n) is 4.96. The van der Waals surface area contributed by atoms with Crippen molar-refractivity contribution in [3.63, 3.8) is 0 Å². The molecule has 0 radical (unpaired) electrons. The summed E-state index contributed by atoms with van der Waals surface area (Å²) in [5, 5.41) is 14.9. The lowest BCUT2D eigenvalue weighted by Crippen LogP contribution is -2.11. The van der Waals surface area contributed by atoms with Crippen LogP contribution in [0.1, 0.15) is 18.2 Å². The molecule has 0 N–H and O–H groups in total. The third-order valence-electron chi connectivity index (χ3n) is 3.35. The van der Waals surface area contributed by atoms with Gasteiger partial charge in [-0.25, -0.2) is 4.98 Å². The highest BCUT2D eigenvalue weighted by molar-refractivity contribution is 5.50. The Balaban J connectivity index is 2.12. The smallest absolute Gasteiger partial charge is 0.432 e. The van der Waals surface area contributed by atoms with E-state index in [1.165, 1.54) is 12.1 Å². The molecule has 0 aliphatic carbocycles. The summed E-state index contributed by atoms with van der Waals surface area (Å²) in [6.45, 7) is 1.82. The van der Waals surface area contributed by atoms with Crippen LogP contribution in [-0.4, -0.2) is 24.5 Å².